The second-order valence-corrected chi connectivity index (χ2v) is 3.77. The summed E-state index contributed by atoms with van der Waals surface area (Å²) in [4.78, 5) is 0. The summed E-state index contributed by atoms with van der Waals surface area (Å²) in [5, 5.41) is 0. The summed E-state index contributed by atoms with van der Waals surface area (Å²) < 4.78 is 5.31. The van der Waals surface area contributed by atoms with Crippen molar-refractivity contribution in [1.29, 1.82) is 0 Å². The average molecular weight is 171 g/mol. The predicted octanol–water partition coefficient (Wildman–Crippen LogP) is 1.95. The molecule has 0 amide bonds. The van der Waals surface area contributed by atoms with Crippen molar-refractivity contribution in [3.05, 3.63) is 12.2 Å². The van der Waals surface area contributed by atoms with E-state index in [0.717, 1.165) is 12.0 Å². The lowest BCUT2D eigenvalue weighted by atomic mass is 9.95. The fourth-order valence-corrected chi connectivity index (χ4v) is 1.46. The van der Waals surface area contributed by atoms with Crippen LogP contribution >= 0.6 is 0 Å². The Labute approximate surface area is 75.8 Å². The van der Waals surface area contributed by atoms with Crippen molar-refractivity contribution >= 4 is 0 Å². The van der Waals surface area contributed by atoms with E-state index in [2.05, 4.69) is 20.4 Å². The Morgan fingerprint density at radius 2 is 2.00 bits per heavy atom. The van der Waals surface area contributed by atoms with Crippen LogP contribution in [-0.2, 0) is 4.74 Å². The van der Waals surface area contributed by atoms with Gasteiger partial charge in [-0.3, -0.25) is 0 Å². The highest BCUT2D eigenvalue weighted by atomic mass is 16.5. The van der Waals surface area contributed by atoms with E-state index < -0.39 is 0 Å². The zero-order valence-electron chi connectivity index (χ0n) is 8.63. The van der Waals surface area contributed by atoms with Gasteiger partial charge in [0.1, 0.15) is 0 Å². The molecule has 0 rings (SSSR count). The van der Waals surface area contributed by atoms with Crippen LogP contribution in [0.5, 0.6) is 0 Å². The molecule has 2 nitrogen and oxygen atoms in total. The number of nitrogens with two attached hydrogens (primary N) is 1. The maximum absolute atomic E-state index is 5.94. The van der Waals surface area contributed by atoms with Crippen molar-refractivity contribution in [2.75, 3.05) is 7.11 Å². The summed E-state index contributed by atoms with van der Waals surface area (Å²) >= 11 is 0. The highest BCUT2D eigenvalue weighted by Crippen LogP contribution is 2.13. The molecular formula is C10H21NO. The summed E-state index contributed by atoms with van der Waals surface area (Å²) in [5.74, 6) is 0.462. The van der Waals surface area contributed by atoms with Gasteiger partial charge < -0.3 is 10.5 Å². The van der Waals surface area contributed by atoms with Crippen LogP contribution in [-0.4, -0.2) is 19.3 Å². The predicted molar refractivity (Wildman–Crippen MR) is 53.0 cm³/mol. The van der Waals surface area contributed by atoms with Gasteiger partial charge in [-0.05, 0) is 19.3 Å². The van der Waals surface area contributed by atoms with Gasteiger partial charge in [-0.15, -0.1) is 6.58 Å². The number of methoxy groups -OCH3 is 1. The highest BCUT2D eigenvalue weighted by Gasteiger charge is 2.20. The molecular weight excluding hydrogens is 150 g/mol. The van der Waals surface area contributed by atoms with Gasteiger partial charge in [-0.25, -0.2) is 0 Å². The van der Waals surface area contributed by atoms with Gasteiger partial charge in [-0.2, -0.15) is 0 Å². The van der Waals surface area contributed by atoms with Crippen LogP contribution in [0.15, 0.2) is 12.2 Å². The van der Waals surface area contributed by atoms with Gasteiger partial charge in [0.2, 0.25) is 0 Å². The topological polar surface area (TPSA) is 35.2 Å². The van der Waals surface area contributed by atoms with Crippen LogP contribution in [0.2, 0.25) is 0 Å². The van der Waals surface area contributed by atoms with E-state index in [1.807, 2.05) is 6.92 Å². The Kier molecular flexibility index (Phi) is 5.18. The molecule has 2 heteroatoms. The van der Waals surface area contributed by atoms with Crippen LogP contribution in [0.3, 0.4) is 0 Å². The Bertz CT molecular complexity index is 143. The molecule has 12 heavy (non-hydrogen) atoms. The van der Waals surface area contributed by atoms with Gasteiger partial charge in [0, 0.05) is 13.2 Å². The third-order valence-electron chi connectivity index (χ3n) is 1.94. The molecule has 0 aromatic carbocycles. The minimum atomic E-state index is 0.0764. The number of ether oxygens (including phenoxy) is 1. The van der Waals surface area contributed by atoms with E-state index in [1.54, 1.807) is 7.11 Å². The van der Waals surface area contributed by atoms with Crippen molar-refractivity contribution in [2.24, 2.45) is 11.7 Å². The second kappa shape index (κ2) is 5.33. The molecule has 0 fully saturated rings. The van der Waals surface area contributed by atoms with E-state index in [0.29, 0.717) is 5.92 Å². The molecule has 0 bridgehead atoms. The fraction of sp³-hybridized carbons (Fsp3) is 0.800. The van der Waals surface area contributed by atoms with E-state index in [-0.39, 0.29) is 12.1 Å². The summed E-state index contributed by atoms with van der Waals surface area (Å²) in [5.41, 5.74) is 7.06. The quantitative estimate of drug-likeness (QED) is 0.642. The van der Waals surface area contributed by atoms with Crippen LogP contribution in [0.1, 0.15) is 27.2 Å². The molecule has 0 aliphatic heterocycles. The third-order valence-corrected chi connectivity index (χ3v) is 1.94. The first-order valence-electron chi connectivity index (χ1n) is 4.41. The Morgan fingerprint density at radius 3 is 2.25 bits per heavy atom. The SMILES string of the molecule is C=C(C)CC(N)C(OC)C(C)C. The summed E-state index contributed by atoms with van der Waals surface area (Å²) in [6.45, 7) is 10.1. The zero-order valence-corrected chi connectivity index (χ0v) is 8.63. The van der Waals surface area contributed by atoms with Gasteiger partial charge >= 0.3 is 0 Å². The monoisotopic (exact) mass is 171 g/mol. The lowest BCUT2D eigenvalue weighted by Crippen LogP contribution is -2.39. The second-order valence-electron chi connectivity index (χ2n) is 3.77. The van der Waals surface area contributed by atoms with Crippen LogP contribution in [0, 0.1) is 5.92 Å². The van der Waals surface area contributed by atoms with Crippen LogP contribution in [0.4, 0.5) is 0 Å². The lowest BCUT2D eigenvalue weighted by Gasteiger charge is -2.25. The molecule has 2 unspecified atom stereocenters. The van der Waals surface area contributed by atoms with Crippen molar-refractivity contribution in [3.8, 4) is 0 Å². The summed E-state index contributed by atoms with van der Waals surface area (Å²) in [7, 11) is 1.71. The van der Waals surface area contributed by atoms with Crippen LogP contribution < -0.4 is 5.73 Å². The highest BCUT2D eigenvalue weighted by molar-refractivity contribution is 4.94. The minimum absolute atomic E-state index is 0.0764. The maximum Gasteiger partial charge on any atom is 0.0748 e. The van der Waals surface area contributed by atoms with E-state index in [9.17, 15) is 0 Å². The average Bonchev–Trinajstić information content (AvgIpc) is 1.85. The molecule has 0 saturated carbocycles. The smallest absolute Gasteiger partial charge is 0.0748 e. The molecule has 0 aliphatic carbocycles. The molecule has 0 radical (unpaired) electrons. The summed E-state index contributed by atoms with van der Waals surface area (Å²) in [6.07, 6.45) is 0.984. The Hall–Kier alpha value is -0.340. The first-order chi connectivity index (χ1) is 5.49. The largest absolute Gasteiger partial charge is 0.380 e. The summed E-state index contributed by atoms with van der Waals surface area (Å²) in [6, 6.07) is 0.0764. The lowest BCUT2D eigenvalue weighted by molar-refractivity contribution is 0.0442. The number of hydrogen-bond acceptors (Lipinski definition) is 2. The first kappa shape index (κ1) is 11.7. The van der Waals surface area contributed by atoms with E-state index >= 15 is 0 Å². The number of rotatable bonds is 5. The van der Waals surface area contributed by atoms with Gasteiger partial charge in [0.15, 0.2) is 0 Å². The molecule has 0 aliphatic rings. The van der Waals surface area contributed by atoms with Gasteiger partial charge in [-0.1, -0.05) is 19.4 Å². The Balaban J connectivity index is 4.02. The standard InChI is InChI=1S/C10H21NO/c1-7(2)6-9(11)10(12-5)8(3)4/h8-10H,1,6,11H2,2-5H3. The molecule has 0 heterocycles. The molecule has 2 N–H and O–H groups in total. The third kappa shape index (κ3) is 3.88. The molecule has 2 atom stereocenters. The van der Waals surface area contributed by atoms with Gasteiger partial charge in [0.05, 0.1) is 6.10 Å². The minimum Gasteiger partial charge on any atom is -0.380 e. The molecule has 72 valence electrons. The fourth-order valence-electron chi connectivity index (χ4n) is 1.46. The van der Waals surface area contributed by atoms with E-state index in [4.69, 9.17) is 10.5 Å². The zero-order chi connectivity index (χ0) is 9.72. The number of hydrogen-bond donors (Lipinski definition) is 1. The maximum atomic E-state index is 5.94. The molecule has 0 saturated heterocycles. The molecule has 0 spiro atoms. The van der Waals surface area contributed by atoms with Crippen molar-refractivity contribution < 1.29 is 4.74 Å². The van der Waals surface area contributed by atoms with E-state index in [1.165, 1.54) is 0 Å². The van der Waals surface area contributed by atoms with Crippen LogP contribution in [0.25, 0.3) is 0 Å². The first-order valence-corrected chi connectivity index (χ1v) is 4.41. The Morgan fingerprint density at radius 1 is 1.50 bits per heavy atom. The van der Waals surface area contributed by atoms with Crippen molar-refractivity contribution in [2.45, 2.75) is 39.3 Å². The van der Waals surface area contributed by atoms with Crippen molar-refractivity contribution in [3.63, 3.8) is 0 Å². The van der Waals surface area contributed by atoms with Gasteiger partial charge in [0.25, 0.3) is 0 Å². The van der Waals surface area contributed by atoms with Crippen molar-refractivity contribution in [1.82, 2.24) is 0 Å². The normalized spacial score (nSPS) is 16.2. The molecule has 0 aromatic rings. The molecule has 0 aromatic heterocycles.